The molecule has 0 saturated carbocycles. The van der Waals surface area contributed by atoms with Crippen molar-refractivity contribution in [3.05, 3.63) is 47.9 Å². The molecular weight excluding hydrogens is 405 g/mol. The highest BCUT2D eigenvalue weighted by molar-refractivity contribution is 5.94. The molecule has 1 amide bonds. The minimum atomic E-state index is -0.873. The van der Waals surface area contributed by atoms with Crippen molar-refractivity contribution in [1.82, 2.24) is 24.9 Å². The van der Waals surface area contributed by atoms with Gasteiger partial charge in [-0.15, -0.1) is 29.9 Å². The molecule has 1 aliphatic rings. The number of carbonyl (C=O) groups excluding carboxylic acids is 1. The van der Waals surface area contributed by atoms with Gasteiger partial charge in [0.05, 0.1) is 22.8 Å². The van der Waals surface area contributed by atoms with Gasteiger partial charge in [0.25, 0.3) is 5.91 Å². The third-order valence-electron chi connectivity index (χ3n) is 4.76. The van der Waals surface area contributed by atoms with Crippen LogP contribution in [0.1, 0.15) is 22.6 Å². The molecule has 1 atom stereocenters. The molecule has 4 rings (SSSR count). The highest BCUT2D eigenvalue weighted by Crippen LogP contribution is 2.23. The summed E-state index contributed by atoms with van der Waals surface area (Å²) in [6, 6.07) is 9.56. The lowest BCUT2D eigenvalue weighted by atomic mass is 10.1. The van der Waals surface area contributed by atoms with Crippen LogP contribution in [0.15, 0.2) is 36.5 Å². The number of hydrogen-bond acceptors (Lipinski definition) is 5. The Morgan fingerprint density at radius 2 is 1.93 bits per heavy atom. The third-order valence-corrected chi connectivity index (χ3v) is 4.76. The van der Waals surface area contributed by atoms with Crippen LogP contribution in [0, 0.1) is 12.8 Å². The Morgan fingerprint density at radius 1 is 1.18 bits per heavy atom. The van der Waals surface area contributed by atoms with Gasteiger partial charge in [0.2, 0.25) is 0 Å². The number of likely N-dealkylation sites (tertiary alicyclic amines) is 1. The maximum Gasteiger partial charge on any atom is 0.308 e. The second kappa shape index (κ2) is 8.53. The van der Waals surface area contributed by atoms with E-state index in [9.17, 15) is 9.59 Å². The number of halogens is 2. The number of rotatable bonds is 3. The average molecular weight is 424 g/mol. The van der Waals surface area contributed by atoms with Crippen LogP contribution >= 0.6 is 24.8 Å². The van der Waals surface area contributed by atoms with Gasteiger partial charge in [0.1, 0.15) is 0 Å². The van der Waals surface area contributed by atoms with E-state index in [1.807, 2.05) is 30.3 Å². The number of carbonyl (C=O) groups is 2. The molecule has 3 aromatic rings. The second-order valence-corrected chi connectivity index (χ2v) is 6.36. The van der Waals surface area contributed by atoms with E-state index in [4.69, 9.17) is 5.11 Å². The van der Waals surface area contributed by atoms with Gasteiger partial charge in [0, 0.05) is 24.7 Å². The van der Waals surface area contributed by atoms with E-state index in [0.717, 1.165) is 16.6 Å². The zero-order chi connectivity index (χ0) is 18.3. The summed E-state index contributed by atoms with van der Waals surface area (Å²) in [5.74, 6) is -1.68. The van der Waals surface area contributed by atoms with Gasteiger partial charge >= 0.3 is 5.97 Å². The van der Waals surface area contributed by atoms with E-state index < -0.39 is 11.9 Å². The zero-order valence-electron chi connectivity index (χ0n) is 15.0. The molecule has 1 fully saturated rings. The first-order chi connectivity index (χ1) is 12.6. The number of pyridine rings is 1. The molecule has 10 heteroatoms. The van der Waals surface area contributed by atoms with Crippen molar-refractivity contribution in [2.24, 2.45) is 5.92 Å². The quantitative estimate of drug-likeness (QED) is 0.694. The smallest absolute Gasteiger partial charge is 0.308 e. The first-order valence-corrected chi connectivity index (χ1v) is 8.35. The van der Waals surface area contributed by atoms with Gasteiger partial charge in [-0.2, -0.15) is 0 Å². The van der Waals surface area contributed by atoms with E-state index in [1.165, 1.54) is 4.90 Å². The largest absolute Gasteiger partial charge is 0.481 e. The number of carboxylic acid groups (broad SMARTS) is 1. The molecule has 2 aromatic heterocycles. The number of benzene rings is 1. The molecule has 28 heavy (non-hydrogen) atoms. The van der Waals surface area contributed by atoms with Crippen LogP contribution < -0.4 is 0 Å². The fraction of sp³-hybridized carbons (Fsp3) is 0.278. The fourth-order valence-corrected chi connectivity index (χ4v) is 3.31. The normalized spacial score (nSPS) is 15.8. The summed E-state index contributed by atoms with van der Waals surface area (Å²) in [7, 11) is 0. The number of para-hydroxylation sites is 1. The Kier molecular flexibility index (Phi) is 6.58. The van der Waals surface area contributed by atoms with Crippen LogP contribution in [0.3, 0.4) is 0 Å². The summed E-state index contributed by atoms with van der Waals surface area (Å²) in [5, 5.41) is 18.3. The SMILES string of the molecule is Cc1c(C(=O)N2CCC(C(=O)O)C2)nnn1-c1cccc2cccnc12.Cl.Cl. The van der Waals surface area contributed by atoms with Crippen LogP contribution in [-0.4, -0.2) is 55.0 Å². The predicted molar refractivity (Wildman–Crippen MR) is 108 cm³/mol. The standard InChI is InChI=1S/C18H17N5O3.2ClH/c1-11-15(17(24)22-9-7-13(10-22)18(25)26)20-21-23(11)14-6-2-4-12-5-3-8-19-16(12)14;;/h2-6,8,13H,7,9-10H2,1H3,(H,25,26);2*1H. The fourth-order valence-electron chi connectivity index (χ4n) is 3.31. The van der Waals surface area contributed by atoms with Crippen LogP contribution in [0.4, 0.5) is 0 Å². The van der Waals surface area contributed by atoms with Crippen molar-refractivity contribution >= 4 is 47.6 Å². The monoisotopic (exact) mass is 423 g/mol. The number of aliphatic carboxylic acids is 1. The number of fused-ring (bicyclic) bond motifs is 1. The van der Waals surface area contributed by atoms with Gasteiger partial charge < -0.3 is 10.0 Å². The van der Waals surface area contributed by atoms with Gasteiger partial charge in [0.15, 0.2) is 5.69 Å². The Morgan fingerprint density at radius 3 is 2.64 bits per heavy atom. The van der Waals surface area contributed by atoms with Crippen LogP contribution in [0.2, 0.25) is 0 Å². The summed E-state index contributed by atoms with van der Waals surface area (Å²) in [6.45, 7) is 2.40. The first kappa shape index (κ1) is 21.6. The van der Waals surface area contributed by atoms with Crippen LogP contribution in [0.5, 0.6) is 0 Å². The molecule has 1 aliphatic heterocycles. The Hall–Kier alpha value is -2.71. The Bertz CT molecular complexity index is 1020. The van der Waals surface area contributed by atoms with E-state index in [2.05, 4.69) is 15.3 Å². The Balaban J connectivity index is 0.00000140. The van der Waals surface area contributed by atoms with Gasteiger partial charge in [-0.3, -0.25) is 14.6 Å². The molecule has 1 N–H and O–H groups in total. The first-order valence-electron chi connectivity index (χ1n) is 8.35. The molecule has 3 heterocycles. The second-order valence-electron chi connectivity index (χ2n) is 6.36. The molecule has 0 radical (unpaired) electrons. The maximum absolute atomic E-state index is 12.7. The van der Waals surface area contributed by atoms with Crippen LogP contribution in [-0.2, 0) is 4.79 Å². The lowest BCUT2D eigenvalue weighted by molar-refractivity contribution is -0.141. The minimum absolute atomic E-state index is 0. The number of aromatic nitrogens is 4. The topological polar surface area (TPSA) is 101 Å². The summed E-state index contributed by atoms with van der Waals surface area (Å²) in [6.07, 6.45) is 2.17. The maximum atomic E-state index is 12.7. The van der Waals surface area contributed by atoms with Gasteiger partial charge in [-0.05, 0) is 25.5 Å². The van der Waals surface area contributed by atoms with Crippen molar-refractivity contribution < 1.29 is 14.7 Å². The lowest BCUT2D eigenvalue weighted by Crippen LogP contribution is -2.30. The summed E-state index contributed by atoms with van der Waals surface area (Å²) in [5.41, 5.74) is 2.36. The molecular formula is C18H19Cl2N5O3. The summed E-state index contributed by atoms with van der Waals surface area (Å²) < 4.78 is 1.60. The average Bonchev–Trinajstić information content (AvgIpc) is 3.28. The molecule has 0 bridgehead atoms. The number of nitrogens with zero attached hydrogens (tertiary/aromatic N) is 5. The van der Waals surface area contributed by atoms with Crippen molar-refractivity contribution in [1.29, 1.82) is 0 Å². The summed E-state index contributed by atoms with van der Waals surface area (Å²) >= 11 is 0. The zero-order valence-corrected chi connectivity index (χ0v) is 16.6. The van der Waals surface area contributed by atoms with E-state index >= 15 is 0 Å². The molecule has 1 aromatic carbocycles. The van der Waals surface area contributed by atoms with Crippen molar-refractivity contribution in [2.75, 3.05) is 13.1 Å². The van der Waals surface area contributed by atoms with Gasteiger partial charge in [-0.1, -0.05) is 23.4 Å². The van der Waals surface area contributed by atoms with E-state index in [1.54, 1.807) is 17.8 Å². The van der Waals surface area contributed by atoms with Crippen molar-refractivity contribution in [2.45, 2.75) is 13.3 Å². The number of amides is 1. The molecule has 8 nitrogen and oxygen atoms in total. The Labute approximate surface area is 173 Å². The van der Waals surface area contributed by atoms with E-state index in [0.29, 0.717) is 18.7 Å². The van der Waals surface area contributed by atoms with Gasteiger partial charge in [-0.25, -0.2) is 4.68 Å². The highest BCUT2D eigenvalue weighted by Gasteiger charge is 2.33. The lowest BCUT2D eigenvalue weighted by Gasteiger charge is -2.14. The molecule has 0 aliphatic carbocycles. The highest BCUT2D eigenvalue weighted by atomic mass is 35.5. The molecule has 148 valence electrons. The van der Waals surface area contributed by atoms with Crippen LogP contribution in [0.25, 0.3) is 16.6 Å². The molecule has 1 unspecified atom stereocenters. The minimum Gasteiger partial charge on any atom is -0.481 e. The third kappa shape index (κ3) is 3.65. The van der Waals surface area contributed by atoms with Crippen molar-refractivity contribution in [3.8, 4) is 5.69 Å². The van der Waals surface area contributed by atoms with Crippen molar-refractivity contribution in [3.63, 3.8) is 0 Å². The molecule has 1 saturated heterocycles. The van der Waals surface area contributed by atoms with E-state index in [-0.39, 0.29) is 43.0 Å². The number of carboxylic acids is 1. The molecule has 0 spiro atoms. The summed E-state index contributed by atoms with van der Waals surface area (Å²) in [4.78, 5) is 29.8. The predicted octanol–water partition coefficient (Wildman–Crippen LogP) is 2.51. The number of hydrogen-bond donors (Lipinski definition) is 1.